The lowest BCUT2D eigenvalue weighted by atomic mass is 9.91. The van der Waals surface area contributed by atoms with Crippen molar-refractivity contribution in [2.45, 2.75) is 204 Å². The number of ether oxygens (including phenoxy) is 2. The third-order valence-electron chi connectivity index (χ3n) is 11.4. The van der Waals surface area contributed by atoms with E-state index in [1.807, 2.05) is 18.2 Å². The molecule has 0 radical (unpaired) electrons. The number of hydrogen-bond acceptors (Lipinski definition) is 3. The largest absolute Gasteiger partial charge is 0.493 e. The van der Waals surface area contributed by atoms with Crippen molar-refractivity contribution < 1.29 is 14.6 Å². The molecule has 0 aliphatic carbocycles. The highest BCUT2D eigenvalue weighted by Crippen LogP contribution is 2.27. The van der Waals surface area contributed by atoms with Crippen LogP contribution in [0.4, 0.5) is 0 Å². The van der Waals surface area contributed by atoms with E-state index in [0.29, 0.717) is 25.0 Å². The number of hydrogen-bond donors (Lipinski definition) is 1. The number of aliphatic hydroxyl groups excluding tert-OH is 1. The summed E-state index contributed by atoms with van der Waals surface area (Å²) in [5.74, 6) is 8.10. The van der Waals surface area contributed by atoms with Crippen LogP contribution in [0.15, 0.2) is 18.2 Å². The van der Waals surface area contributed by atoms with E-state index in [4.69, 9.17) is 9.47 Å². The van der Waals surface area contributed by atoms with Crippen molar-refractivity contribution in [3.05, 3.63) is 23.8 Å². The molecule has 1 aromatic carbocycles. The van der Waals surface area contributed by atoms with E-state index in [2.05, 4.69) is 69.2 Å². The van der Waals surface area contributed by atoms with E-state index in [-0.39, 0.29) is 6.61 Å². The number of aliphatic hydroxyl groups is 1. The van der Waals surface area contributed by atoms with E-state index in [1.165, 1.54) is 116 Å². The van der Waals surface area contributed by atoms with Crippen LogP contribution in [0.1, 0.15) is 203 Å². The molecule has 0 bridgehead atoms. The molecule has 1 rings (SSSR count). The predicted octanol–water partition coefficient (Wildman–Crippen LogP) is 14.9. The summed E-state index contributed by atoms with van der Waals surface area (Å²) in [6.45, 7) is 25.3. The Balaban J connectivity index is 2.22. The Morgan fingerprint density at radius 1 is 0.380 bits per heavy atom. The van der Waals surface area contributed by atoms with E-state index >= 15 is 0 Å². The second-order valence-electron chi connectivity index (χ2n) is 18.2. The van der Waals surface area contributed by atoms with Gasteiger partial charge in [0.25, 0.3) is 0 Å². The first-order valence-electron chi connectivity index (χ1n) is 21.9. The first kappa shape index (κ1) is 46.8. The maximum absolute atomic E-state index is 9.85. The van der Waals surface area contributed by atoms with Gasteiger partial charge < -0.3 is 14.6 Å². The van der Waals surface area contributed by atoms with Gasteiger partial charge in [-0.15, -0.1) is 0 Å². The average molecular weight is 701 g/mol. The minimum absolute atomic E-state index is 0.00479. The van der Waals surface area contributed by atoms with Crippen molar-refractivity contribution in [1.82, 2.24) is 0 Å². The molecular weight excluding hydrogens is 613 g/mol. The highest BCUT2D eigenvalue weighted by atomic mass is 16.5. The van der Waals surface area contributed by atoms with E-state index in [9.17, 15) is 5.11 Å². The second-order valence-corrected chi connectivity index (χ2v) is 18.2. The quantitative estimate of drug-likeness (QED) is 0.0793. The van der Waals surface area contributed by atoms with Gasteiger partial charge in [-0.05, 0) is 77.9 Å². The molecule has 0 aliphatic heterocycles. The van der Waals surface area contributed by atoms with Crippen LogP contribution >= 0.6 is 0 Å². The van der Waals surface area contributed by atoms with Crippen molar-refractivity contribution in [2.75, 3.05) is 13.2 Å². The molecule has 0 saturated carbocycles. The lowest BCUT2D eigenvalue weighted by Crippen LogP contribution is -2.07. The summed E-state index contributed by atoms with van der Waals surface area (Å²) in [5, 5.41) is 9.85. The second kappa shape index (κ2) is 29.3. The molecule has 0 aliphatic rings. The van der Waals surface area contributed by atoms with Crippen LogP contribution in [0.3, 0.4) is 0 Å². The third kappa shape index (κ3) is 26.5. The summed E-state index contributed by atoms with van der Waals surface area (Å²) in [6.07, 6.45) is 26.7. The van der Waals surface area contributed by atoms with Gasteiger partial charge in [-0.2, -0.15) is 0 Å². The average Bonchev–Trinajstić information content (AvgIpc) is 3.04. The van der Waals surface area contributed by atoms with Crippen LogP contribution in [-0.2, 0) is 6.61 Å². The van der Waals surface area contributed by atoms with Gasteiger partial charge in [0.15, 0.2) is 0 Å². The molecule has 0 fully saturated rings. The van der Waals surface area contributed by atoms with E-state index in [1.54, 1.807) is 0 Å². The summed E-state index contributed by atoms with van der Waals surface area (Å²) in [7, 11) is 0. The minimum Gasteiger partial charge on any atom is -0.493 e. The Hall–Kier alpha value is -1.22. The van der Waals surface area contributed by atoms with Crippen molar-refractivity contribution >= 4 is 0 Å². The summed E-state index contributed by atoms with van der Waals surface area (Å²) >= 11 is 0. The van der Waals surface area contributed by atoms with Gasteiger partial charge in [0.1, 0.15) is 11.5 Å². The molecule has 294 valence electrons. The van der Waals surface area contributed by atoms with Crippen molar-refractivity contribution in [2.24, 2.45) is 47.3 Å². The predicted molar refractivity (Wildman–Crippen MR) is 220 cm³/mol. The fraction of sp³-hybridized carbons (Fsp3) is 0.872. The lowest BCUT2D eigenvalue weighted by molar-refractivity contribution is 0.257. The van der Waals surface area contributed by atoms with Crippen molar-refractivity contribution in [3.63, 3.8) is 0 Å². The molecule has 1 N–H and O–H groups in total. The molecule has 0 amide bonds. The Bertz CT molecular complexity index is 841. The molecule has 0 aromatic heterocycles. The van der Waals surface area contributed by atoms with Crippen LogP contribution in [0, 0.1) is 47.3 Å². The Labute approximate surface area is 313 Å². The fourth-order valence-corrected chi connectivity index (χ4v) is 7.52. The molecule has 6 atom stereocenters. The molecule has 1 aromatic rings. The van der Waals surface area contributed by atoms with Crippen LogP contribution in [0.25, 0.3) is 0 Å². The van der Waals surface area contributed by atoms with Crippen LogP contribution in [-0.4, -0.2) is 18.3 Å². The molecule has 50 heavy (non-hydrogen) atoms. The smallest absolute Gasteiger partial charge is 0.123 e. The fourth-order valence-electron chi connectivity index (χ4n) is 7.52. The molecule has 3 nitrogen and oxygen atoms in total. The monoisotopic (exact) mass is 701 g/mol. The SMILES string of the molecule is CC(C)CCCC(C)CCCC(C)CCCC(C)CCOc1cc(CO)cc(OCCC(C)CCCC(C)CCCC(C)CCCC(C)C)c1. The maximum atomic E-state index is 9.85. The summed E-state index contributed by atoms with van der Waals surface area (Å²) in [4.78, 5) is 0. The first-order chi connectivity index (χ1) is 23.9. The van der Waals surface area contributed by atoms with E-state index < -0.39 is 0 Å². The van der Waals surface area contributed by atoms with Gasteiger partial charge in [0, 0.05) is 6.07 Å². The number of rotatable bonds is 33. The summed E-state index contributed by atoms with van der Waals surface area (Å²) in [5.41, 5.74) is 0.858. The van der Waals surface area contributed by atoms with Crippen LogP contribution < -0.4 is 9.47 Å². The molecule has 0 saturated heterocycles. The molecule has 0 heterocycles. The third-order valence-corrected chi connectivity index (χ3v) is 11.4. The van der Waals surface area contributed by atoms with Gasteiger partial charge in [-0.3, -0.25) is 0 Å². The van der Waals surface area contributed by atoms with Crippen LogP contribution in [0.2, 0.25) is 0 Å². The van der Waals surface area contributed by atoms with Gasteiger partial charge in [0.2, 0.25) is 0 Å². The normalized spacial score (nSPS) is 15.6. The molecule has 3 heteroatoms. The minimum atomic E-state index is 0.00479. The molecule has 0 spiro atoms. The van der Waals surface area contributed by atoms with E-state index in [0.717, 1.165) is 65.4 Å². The molecule has 6 unspecified atom stereocenters. The topological polar surface area (TPSA) is 38.7 Å². The zero-order chi connectivity index (χ0) is 37.1. The van der Waals surface area contributed by atoms with Crippen molar-refractivity contribution in [3.8, 4) is 11.5 Å². The van der Waals surface area contributed by atoms with Gasteiger partial charge in [0.05, 0.1) is 19.8 Å². The first-order valence-corrected chi connectivity index (χ1v) is 21.9. The number of benzene rings is 1. The molecular formula is C47H88O3. The van der Waals surface area contributed by atoms with Crippen LogP contribution in [0.5, 0.6) is 11.5 Å². The lowest BCUT2D eigenvalue weighted by Gasteiger charge is -2.17. The van der Waals surface area contributed by atoms with Crippen molar-refractivity contribution in [1.29, 1.82) is 0 Å². The standard InChI is InChI=1S/C47H88O3/c1-37(2)17-11-19-39(5)21-13-23-41(7)25-15-27-43(9)29-31-49-46-33-45(36-48)34-47(35-46)50-32-30-44(10)28-16-26-42(8)24-14-22-40(6)20-12-18-38(3)4/h33-35,37-44,48H,11-32,36H2,1-10H3. The zero-order valence-corrected chi connectivity index (χ0v) is 35.4. The Morgan fingerprint density at radius 2 is 0.640 bits per heavy atom. The summed E-state index contributed by atoms with van der Waals surface area (Å²) in [6, 6.07) is 5.93. The van der Waals surface area contributed by atoms with Gasteiger partial charge in [-0.25, -0.2) is 0 Å². The zero-order valence-electron chi connectivity index (χ0n) is 35.4. The summed E-state index contributed by atoms with van der Waals surface area (Å²) < 4.78 is 12.4. The Kier molecular flexibility index (Phi) is 27.4. The maximum Gasteiger partial charge on any atom is 0.123 e. The van der Waals surface area contributed by atoms with Gasteiger partial charge >= 0.3 is 0 Å². The Morgan fingerprint density at radius 3 is 0.900 bits per heavy atom. The van der Waals surface area contributed by atoms with Gasteiger partial charge in [-0.1, -0.05) is 185 Å². The highest BCUT2D eigenvalue weighted by molar-refractivity contribution is 5.38. The highest BCUT2D eigenvalue weighted by Gasteiger charge is 2.11.